The molecule has 1 aliphatic heterocycles. The highest BCUT2D eigenvalue weighted by Gasteiger charge is 2.25. The van der Waals surface area contributed by atoms with E-state index >= 15 is 0 Å². The number of benzene rings is 1. The zero-order valence-corrected chi connectivity index (χ0v) is 19.2. The molecule has 0 saturated carbocycles. The second-order valence-electron chi connectivity index (χ2n) is 6.39. The van der Waals surface area contributed by atoms with Gasteiger partial charge in [0.1, 0.15) is 0 Å². The lowest BCUT2D eigenvalue weighted by atomic mass is 10.2. The van der Waals surface area contributed by atoms with E-state index in [1.165, 1.54) is 0 Å². The van der Waals surface area contributed by atoms with Gasteiger partial charge in [-0.05, 0) is 37.0 Å². The molecule has 1 heterocycles. The number of nitrogens with zero attached hydrogens (tertiary/aromatic N) is 3. The molecule has 1 saturated heterocycles. The molecule has 152 valence electrons. The van der Waals surface area contributed by atoms with Crippen molar-refractivity contribution in [3.63, 3.8) is 0 Å². The van der Waals surface area contributed by atoms with Gasteiger partial charge in [-0.1, -0.05) is 23.7 Å². The van der Waals surface area contributed by atoms with Gasteiger partial charge in [-0.2, -0.15) is 0 Å². The van der Waals surface area contributed by atoms with Crippen LogP contribution in [0.1, 0.15) is 24.8 Å². The monoisotopic (exact) mass is 508 g/mol. The number of guanidine groups is 1. The van der Waals surface area contributed by atoms with Crippen LogP contribution < -0.4 is 5.32 Å². The number of halogens is 2. The molecule has 1 N–H and O–H groups in total. The topological polar surface area (TPSA) is 57.2 Å². The van der Waals surface area contributed by atoms with Crippen LogP contribution in [-0.2, 0) is 16.1 Å². The van der Waals surface area contributed by atoms with Gasteiger partial charge in [-0.25, -0.2) is 0 Å². The van der Waals surface area contributed by atoms with Gasteiger partial charge in [0.05, 0.1) is 6.54 Å². The van der Waals surface area contributed by atoms with E-state index in [4.69, 9.17) is 16.3 Å². The largest absolute Gasteiger partial charge is 0.385 e. The highest BCUT2D eigenvalue weighted by molar-refractivity contribution is 14.0. The van der Waals surface area contributed by atoms with Crippen molar-refractivity contribution in [2.24, 2.45) is 4.99 Å². The normalized spacial score (nSPS) is 14.9. The van der Waals surface area contributed by atoms with Crippen LogP contribution >= 0.6 is 35.6 Å². The molecule has 1 aliphatic rings. The van der Waals surface area contributed by atoms with E-state index < -0.39 is 0 Å². The number of carbonyl (C=O) groups excluding carboxylic acids is 1. The Morgan fingerprint density at radius 1 is 1.22 bits per heavy atom. The molecule has 8 heteroatoms. The number of methoxy groups -OCH3 is 1. The molecule has 6 nitrogen and oxygen atoms in total. The highest BCUT2D eigenvalue weighted by atomic mass is 127. The van der Waals surface area contributed by atoms with Crippen molar-refractivity contribution in [2.75, 3.05) is 46.9 Å². The predicted octanol–water partition coefficient (Wildman–Crippen LogP) is 2.99. The van der Waals surface area contributed by atoms with Crippen molar-refractivity contribution in [3.05, 3.63) is 34.9 Å². The van der Waals surface area contributed by atoms with E-state index in [2.05, 4.69) is 10.3 Å². The molecular formula is C19H30ClIN4O2. The fraction of sp³-hybridized carbons (Fsp3) is 0.579. The SMILES string of the molecule is CN=C(NCCCCCOC)N1CCN(Cc2ccc(Cl)cc2)C(=O)C1.I. The van der Waals surface area contributed by atoms with Gasteiger partial charge in [0.15, 0.2) is 5.96 Å². The Bertz CT molecular complexity index is 598. The van der Waals surface area contributed by atoms with E-state index in [-0.39, 0.29) is 29.9 Å². The van der Waals surface area contributed by atoms with E-state index in [0.29, 0.717) is 24.7 Å². The Morgan fingerprint density at radius 3 is 2.59 bits per heavy atom. The third-order valence-corrected chi connectivity index (χ3v) is 4.68. The minimum absolute atomic E-state index is 0. The van der Waals surface area contributed by atoms with Crippen LogP contribution in [0.25, 0.3) is 0 Å². The van der Waals surface area contributed by atoms with Crippen molar-refractivity contribution in [3.8, 4) is 0 Å². The average molecular weight is 509 g/mol. The maximum Gasteiger partial charge on any atom is 0.242 e. The number of aliphatic imine (C=N–C) groups is 1. The predicted molar refractivity (Wildman–Crippen MR) is 121 cm³/mol. The number of amides is 1. The van der Waals surface area contributed by atoms with E-state index in [1.807, 2.05) is 34.1 Å². The van der Waals surface area contributed by atoms with Gasteiger partial charge in [0.25, 0.3) is 0 Å². The molecule has 0 aromatic heterocycles. The third kappa shape index (κ3) is 8.23. The highest BCUT2D eigenvalue weighted by Crippen LogP contribution is 2.13. The van der Waals surface area contributed by atoms with Gasteiger partial charge < -0.3 is 19.9 Å². The van der Waals surface area contributed by atoms with Gasteiger partial charge in [0, 0.05) is 52.0 Å². The summed E-state index contributed by atoms with van der Waals surface area (Å²) in [6.45, 7) is 4.11. The fourth-order valence-electron chi connectivity index (χ4n) is 2.95. The summed E-state index contributed by atoms with van der Waals surface area (Å²) in [5, 5.41) is 4.07. The lowest BCUT2D eigenvalue weighted by molar-refractivity contribution is -0.135. The first-order valence-electron chi connectivity index (χ1n) is 9.11. The molecular weight excluding hydrogens is 479 g/mol. The second kappa shape index (κ2) is 13.2. The zero-order valence-electron chi connectivity index (χ0n) is 16.1. The van der Waals surface area contributed by atoms with Crippen LogP contribution in [-0.4, -0.2) is 68.6 Å². The summed E-state index contributed by atoms with van der Waals surface area (Å²) in [7, 11) is 3.49. The number of rotatable bonds is 8. The standard InChI is InChI=1S/C19H29ClN4O2.HI/c1-21-19(22-10-4-3-5-13-26-2)24-12-11-23(18(25)15-24)14-16-6-8-17(20)9-7-16;/h6-9H,3-5,10-15H2,1-2H3,(H,21,22);1H. The average Bonchev–Trinajstić information content (AvgIpc) is 2.65. The quantitative estimate of drug-likeness (QED) is 0.254. The molecule has 1 amide bonds. The minimum Gasteiger partial charge on any atom is -0.385 e. The first-order chi connectivity index (χ1) is 12.6. The second-order valence-corrected chi connectivity index (χ2v) is 6.83. The molecule has 0 radical (unpaired) electrons. The Labute approximate surface area is 184 Å². The number of hydrogen-bond donors (Lipinski definition) is 1. The summed E-state index contributed by atoms with van der Waals surface area (Å²) < 4.78 is 5.06. The van der Waals surface area contributed by atoms with E-state index in [9.17, 15) is 4.79 Å². The minimum atomic E-state index is 0. The Hall–Kier alpha value is -1.06. The first-order valence-corrected chi connectivity index (χ1v) is 9.48. The summed E-state index contributed by atoms with van der Waals surface area (Å²) in [6, 6.07) is 7.64. The molecule has 2 rings (SSSR count). The van der Waals surface area contributed by atoms with E-state index in [0.717, 1.165) is 50.5 Å². The van der Waals surface area contributed by atoms with Crippen LogP contribution in [0.2, 0.25) is 5.02 Å². The number of unbranched alkanes of at least 4 members (excludes halogenated alkanes) is 2. The molecule has 1 aromatic carbocycles. The maximum absolute atomic E-state index is 12.5. The fourth-order valence-corrected chi connectivity index (χ4v) is 3.07. The lowest BCUT2D eigenvalue weighted by Gasteiger charge is -2.36. The molecule has 0 spiro atoms. The van der Waals surface area contributed by atoms with Gasteiger partial charge >= 0.3 is 0 Å². The van der Waals surface area contributed by atoms with Gasteiger partial charge in [-0.15, -0.1) is 24.0 Å². The number of ether oxygens (including phenoxy) is 1. The third-order valence-electron chi connectivity index (χ3n) is 4.43. The van der Waals surface area contributed by atoms with Crippen molar-refractivity contribution in [1.82, 2.24) is 15.1 Å². The number of carbonyl (C=O) groups is 1. The van der Waals surface area contributed by atoms with Crippen molar-refractivity contribution in [1.29, 1.82) is 0 Å². The van der Waals surface area contributed by atoms with Crippen LogP contribution in [0, 0.1) is 0 Å². The zero-order chi connectivity index (χ0) is 18.8. The summed E-state index contributed by atoms with van der Waals surface area (Å²) in [5.74, 6) is 0.922. The molecule has 0 aliphatic carbocycles. The smallest absolute Gasteiger partial charge is 0.242 e. The van der Waals surface area contributed by atoms with Crippen LogP contribution in [0.3, 0.4) is 0 Å². The Balaban J connectivity index is 0.00000364. The lowest BCUT2D eigenvalue weighted by Crippen LogP contribution is -2.55. The number of nitrogens with one attached hydrogen (secondary N) is 1. The Kier molecular flexibility index (Phi) is 11.7. The maximum atomic E-state index is 12.5. The Morgan fingerprint density at radius 2 is 1.96 bits per heavy atom. The summed E-state index contributed by atoms with van der Waals surface area (Å²) in [5.41, 5.74) is 1.09. The first kappa shape index (κ1) is 24.0. The summed E-state index contributed by atoms with van der Waals surface area (Å²) in [6.07, 6.45) is 3.25. The van der Waals surface area contributed by atoms with Crippen LogP contribution in [0.4, 0.5) is 0 Å². The molecule has 1 aromatic rings. The summed E-state index contributed by atoms with van der Waals surface area (Å²) >= 11 is 5.92. The van der Waals surface area contributed by atoms with Gasteiger partial charge in [-0.3, -0.25) is 9.79 Å². The number of hydrogen-bond acceptors (Lipinski definition) is 3. The molecule has 0 unspecified atom stereocenters. The molecule has 27 heavy (non-hydrogen) atoms. The number of piperazine rings is 1. The van der Waals surface area contributed by atoms with Crippen molar-refractivity contribution in [2.45, 2.75) is 25.8 Å². The molecule has 0 atom stereocenters. The summed E-state index contributed by atoms with van der Waals surface area (Å²) in [4.78, 5) is 20.7. The van der Waals surface area contributed by atoms with Crippen molar-refractivity contribution >= 4 is 47.4 Å². The molecule has 1 fully saturated rings. The van der Waals surface area contributed by atoms with Gasteiger partial charge in [0.2, 0.25) is 5.91 Å². The molecule has 0 bridgehead atoms. The van der Waals surface area contributed by atoms with Crippen molar-refractivity contribution < 1.29 is 9.53 Å². The van der Waals surface area contributed by atoms with Crippen LogP contribution in [0.15, 0.2) is 29.3 Å². The van der Waals surface area contributed by atoms with E-state index in [1.54, 1.807) is 14.2 Å². The van der Waals surface area contributed by atoms with Crippen LogP contribution in [0.5, 0.6) is 0 Å².